The largest absolute Gasteiger partial charge is 0.500 e. The standard InChI is InChI=1S/C44H37N2O.C13H12N.Ir/c1-25-21-39-30(16-18-38(46-39)41-26(2)19-31(20-27(41)3)44(5,6)7)22-36(25)37-23-40(45-24-28(37)4)35-14-10-13-33-34-17-15-29-11-8-9-12-32(29)42(34)47-43(33)35;1-10-3-6-12(7-4-10)13-8-5-11(2)9-14-13;/h8-13,15-24H,1-7H3;3-6,8-9H,1-2H3;/q2*-1;. The van der Waals surface area contributed by atoms with Gasteiger partial charge in [-0.05, 0) is 120 Å². The molecule has 0 saturated heterocycles. The molecule has 6 aromatic carbocycles. The molecule has 4 aromatic heterocycles. The van der Waals surface area contributed by atoms with Gasteiger partial charge in [-0.2, -0.15) is 0 Å². The van der Waals surface area contributed by atoms with Crippen LogP contribution in [0, 0.1) is 53.7 Å². The van der Waals surface area contributed by atoms with E-state index in [1.165, 1.54) is 44.5 Å². The molecule has 0 bridgehead atoms. The monoisotopic (exact) mass is 984 g/mol. The van der Waals surface area contributed by atoms with Crippen molar-refractivity contribution in [2.75, 3.05) is 0 Å². The molecule has 0 aliphatic heterocycles. The van der Waals surface area contributed by atoms with Gasteiger partial charge in [-0.15, -0.1) is 53.6 Å². The molecule has 0 atom stereocenters. The maximum Gasteiger partial charge on any atom is 0.128 e. The van der Waals surface area contributed by atoms with Crippen LogP contribution in [0.3, 0.4) is 0 Å². The molecule has 0 spiro atoms. The van der Waals surface area contributed by atoms with Gasteiger partial charge in [0.05, 0.1) is 16.8 Å². The van der Waals surface area contributed by atoms with Gasteiger partial charge in [0.1, 0.15) is 5.58 Å². The number of pyridine rings is 3. The maximum atomic E-state index is 6.62. The van der Waals surface area contributed by atoms with Crippen LogP contribution < -0.4 is 0 Å². The Morgan fingerprint density at radius 3 is 1.95 bits per heavy atom. The second kappa shape index (κ2) is 16.9. The van der Waals surface area contributed by atoms with Gasteiger partial charge in [0.2, 0.25) is 0 Å². The minimum absolute atomic E-state index is 0. The average Bonchev–Trinajstić information content (AvgIpc) is 3.64. The first-order valence-corrected chi connectivity index (χ1v) is 21.0. The van der Waals surface area contributed by atoms with Crippen molar-refractivity contribution in [3.05, 3.63) is 185 Å². The Balaban J connectivity index is 0.000000300. The van der Waals surface area contributed by atoms with E-state index in [0.717, 1.165) is 82.9 Å². The molecule has 0 amide bonds. The number of aryl methyl sites for hydroxylation is 6. The predicted molar refractivity (Wildman–Crippen MR) is 255 cm³/mol. The molecule has 10 aromatic rings. The molecule has 0 saturated carbocycles. The van der Waals surface area contributed by atoms with Gasteiger partial charge < -0.3 is 14.4 Å². The van der Waals surface area contributed by atoms with E-state index in [2.05, 4.69) is 170 Å². The first-order valence-electron chi connectivity index (χ1n) is 21.0. The summed E-state index contributed by atoms with van der Waals surface area (Å²) in [5.74, 6) is 0. The van der Waals surface area contributed by atoms with Crippen LogP contribution in [-0.4, -0.2) is 15.0 Å². The molecule has 0 aliphatic carbocycles. The van der Waals surface area contributed by atoms with E-state index in [9.17, 15) is 0 Å². The summed E-state index contributed by atoms with van der Waals surface area (Å²) in [7, 11) is 0. The summed E-state index contributed by atoms with van der Waals surface area (Å²) < 4.78 is 6.62. The summed E-state index contributed by atoms with van der Waals surface area (Å²) in [4.78, 5) is 14.4. The Morgan fingerprint density at radius 1 is 0.532 bits per heavy atom. The van der Waals surface area contributed by atoms with Gasteiger partial charge in [-0.3, -0.25) is 0 Å². The summed E-state index contributed by atoms with van der Waals surface area (Å²) in [5, 5.41) is 5.57. The van der Waals surface area contributed by atoms with Gasteiger partial charge in [0, 0.05) is 54.2 Å². The van der Waals surface area contributed by atoms with Crippen LogP contribution in [0.4, 0.5) is 0 Å². The number of benzene rings is 6. The molecule has 0 unspecified atom stereocenters. The van der Waals surface area contributed by atoms with Crippen LogP contribution in [0.2, 0.25) is 0 Å². The Hall–Kier alpha value is -6.26. The summed E-state index contributed by atoms with van der Waals surface area (Å²) in [5.41, 5.74) is 19.7. The average molecular weight is 984 g/mol. The molecule has 0 aliphatic rings. The van der Waals surface area contributed by atoms with Crippen LogP contribution in [0.25, 0.3) is 88.5 Å². The van der Waals surface area contributed by atoms with Crippen LogP contribution in [0.5, 0.6) is 0 Å². The van der Waals surface area contributed by atoms with E-state index >= 15 is 0 Å². The van der Waals surface area contributed by atoms with Crippen LogP contribution in [0.1, 0.15) is 59.7 Å². The zero-order valence-corrected chi connectivity index (χ0v) is 39.2. The Kier molecular flexibility index (Phi) is 11.6. The summed E-state index contributed by atoms with van der Waals surface area (Å²) >= 11 is 0. The van der Waals surface area contributed by atoms with E-state index in [-0.39, 0.29) is 25.5 Å². The smallest absolute Gasteiger partial charge is 0.128 e. The number of hydrogen-bond donors (Lipinski definition) is 0. The molecule has 0 fully saturated rings. The molecule has 4 heterocycles. The van der Waals surface area contributed by atoms with E-state index < -0.39 is 0 Å². The van der Waals surface area contributed by atoms with Crippen molar-refractivity contribution in [2.24, 2.45) is 0 Å². The normalized spacial score (nSPS) is 11.5. The Labute approximate surface area is 378 Å². The van der Waals surface area contributed by atoms with E-state index in [1.54, 1.807) is 0 Å². The fourth-order valence-corrected chi connectivity index (χ4v) is 8.40. The van der Waals surface area contributed by atoms with E-state index in [0.29, 0.717) is 0 Å². The van der Waals surface area contributed by atoms with Gasteiger partial charge in [0.15, 0.2) is 0 Å². The fraction of sp³-hybridized carbons (Fsp3) is 0.175. The predicted octanol–water partition coefficient (Wildman–Crippen LogP) is 15.2. The van der Waals surface area contributed by atoms with Crippen molar-refractivity contribution in [1.82, 2.24) is 15.0 Å². The number of aromatic nitrogens is 3. The number of furan rings is 1. The van der Waals surface area contributed by atoms with Crippen molar-refractivity contribution in [3.8, 4) is 44.9 Å². The molecule has 4 nitrogen and oxygen atoms in total. The van der Waals surface area contributed by atoms with E-state index in [4.69, 9.17) is 14.4 Å². The fourth-order valence-electron chi connectivity index (χ4n) is 8.40. The Morgan fingerprint density at radius 2 is 1.23 bits per heavy atom. The van der Waals surface area contributed by atoms with Crippen molar-refractivity contribution in [2.45, 2.75) is 67.7 Å². The number of fused-ring (bicyclic) bond motifs is 6. The molecule has 0 N–H and O–H groups in total. The van der Waals surface area contributed by atoms with Crippen LogP contribution in [-0.2, 0) is 25.5 Å². The first kappa shape index (κ1) is 42.4. The second-order valence-corrected chi connectivity index (χ2v) is 17.5. The van der Waals surface area contributed by atoms with Crippen molar-refractivity contribution in [3.63, 3.8) is 0 Å². The molecular formula is C57H49IrN3O-2. The Bertz CT molecular complexity index is 3220. The molecule has 309 valence electrons. The minimum Gasteiger partial charge on any atom is -0.500 e. The summed E-state index contributed by atoms with van der Waals surface area (Å²) in [6.07, 6.45) is 3.84. The topological polar surface area (TPSA) is 51.8 Å². The van der Waals surface area contributed by atoms with Crippen LogP contribution in [0.15, 0.2) is 138 Å². The van der Waals surface area contributed by atoms with Gasteiger partial charge in [-0.25, -0.2) is 4.98 Å². The van der Waals surface area contributed by atoms with Gasteiger partial charge in [-0.1, -0.05) is 111 Å². The number of rotatable bonds is 4. The minimum atomic E-state index is 0. The first-order chi connectivity index (χ1) is 29.3. The SMILES string of the molecule is Cc1c[c-]c(-c2ccc(C)cn2)cc1.Cc1cnc(-c2[c-]ccc3c2oc2c4ccccc4ccc32)cc1-c1cc2ccc(-c3c(C)cc(C(C)(C)C)cc3C)nc2cc1C.[Ir]. The van der Waals surface area contributed by atoms with Crippen molar-refractivity contribution < 1.29 is 24.5 Å². The van der Waals surface area contributed by atoms with Gasteiger partial charge >= 0.3 is 0 Å². The van der Waals surface area contributed by atoms with Crippen molar-refractivity contribution >= 4 is 43.6 Å². The molecule has 10 rings (SSSR count). The number of nitrogens with zero attached hydrogens (tertiary/aromatic N) is 3. The maximum absolute atomic E-state index is 6.62. The third-order valence-corrected chi connectivity index (χ3v) is 11.8. The quantitative estimate of drug-likeness (QED) is 0.165. The van der Waals surface area contributed by atoms with E-state index in [1.807, 2.05) is 43.6 Å². The molecular weight excluding hydrogens is 935 g/mol. The number of hydrogen-bond acceptors (Lipinski definition) is 4. The van der Waals surface area contributed by atoms with Crippen molar-refractivity contribution in [1.29, 1.82) is 0 Å². The summed E-state index contributed by atoms with van der Waals surface area (Å²) in [6.45, 7) is 19.6. The molecule has 5 heteroatoms. The zero-order chi connectivity index (χ0) is 42.6. The van der Waals surface area contributed by atoms with Crippen LogP contribution >= 0.6 is 0 Å². The zero-order valence-electron chi connectivity index (χ0n) is 36.8. The molecule has 1 radical (unpaired) electrons. The molecule has 62 heavy (non-hydrogen) atoms. The second-order valence-electron chi connectivity index (χ2n) is 17.5. The summed E-state index contributed by atoms with van der Waals surface area (Å²) in [6, 6.07) is 49.3. The van der Waals surface area contributed by atoms with Gasteiger partial charge in [0.25, 0.3) is 0 Å². The third kappa shape index (κ3) is 8.11. The third-order valence-electron chi connectivity index (χ3n) is 11.8.